The van der Waals surface area contributed by atoms with Crippen LogP contribution in [0, 0.1) is 0 Å². The van der Waals surface area contributed by atoms with Gasteiger partial charge >= 0.3 is 5.97 Å². The van der Waals surface area contributed by atoms with Crippen LogP contribution in [0.3, 0.4) is 0 Å². The van der Waals surface area contributed by atoms with Crippen LogP contribution < -0.4 is 0 Å². The van der Waals surface area contributed by atoms with Crippen molar-refractivity contribution in [2.45, 2.75) is 12.5 Å². The number of amides is 1. The van der Waals surface area contributed by atoms with Gasteiger partial charge in [-0.05, 0) is 47.9 Å². The van der Waals surface area contributed by atoms with Gasteiger partial charge in [0.1, 0.15) is 5.76 Å². The molecule has 2 heterocycles. The van der Waals surface area contributed by atoms with E-state index < -0.39 is 23.7 Å². The van der Waals surface area contributed by atoms with Crippen molar-refractivity contribution in [2.24, 2.45) is 0 Å². The average molecular weight is 515 g/mol. The monoisotopic (exact) mass is 514 g/mol. The lowest BCUT2D eigenvalue weighted by molar-refractivity contribution is -0.139. The van der Waals surface area contributed by atoms with Crippen molar-refractivity contribution in [3.05, 3.63) is 112 Å². The second-order valence-electron chi connectivity index (χ2n) is 8.70. The van der Waals surface area contributed by atoms with E-state index in [1.54, 1.807) is 48.5 Å². The second kappa shape index (κ2) is 9.95. The third-order valence-corrected chi connectivity index (χ3v) is 6.94. The maximum atomic E-state index is 13.3. The molecule has 1 aliphatic heterocycles. The summed E-state index contributed by atoms with van der Waals surface area (Å²) in [5, 5.41) is 12.5. The normalized spacial score (nSPS) is 16.9. The number of ketones is 1. The van der Waals surface area contributed by atoms with Gasteiger partial charge in [-0.1, -0.05) is 54.1 Å². The Labute approximate surface area is 217 Å². The van der Waals surface area contributed by atoms with E-state index in [0.29, 0.717) is 17.5 Å². The van der Waals surface area contributed by atoms with E-state index in [1.165, 1.54) is 12.0 Å². The first-order valence-corrected chi connectivity index (χ1v) is 12.0. The number of ether oxygens (including phenoxy) is 1. The fraction of sp³-hybridized carbons (Fsp3) is 0.138. The topological polar surface area (TPSA) is 99.7 Å². The molecule has 5 rings (SSSR count). The van der Waals surface area contributed by atoms with Gasteiger partial charge in [0.2, 0.25) is 0 Å². The van der Waals surface area contributed by atoms with Crippen molar-refractivity contribution < 1.29 is 24.2 Å². The van der Waals surface area contributed by atoms with Crippen molar-refractivity contribution in [1.29, 1.82) is 0 Å². The summed E-state index contributed by atoms with van der Waals surface area (Å²) in [4.78, 5) is 43.2. The number of H-pyrrole nitrogens is 1. The van der Waals surface area contributed by atoms with Crippen LogP contribution in [-0.2, 0) is 20.7 Å². The number of carbonyl (C=O) groups is 3. The van der Waals surface area contributed by atoms with Gasteiger partial charge in [0.25, 0.3) is 11.7 Å². The van der Waals surface area contributed by atoms with E-state index in [1.807, 2.05) is 30.5 Å². The predicted molar refractivity (Wildman–Crippen MR) is 140 cm³/mol. The molecule has 3 aromatic carbocycles. The lowest BCUT2D eigenvalue weighted by Gasteiger charge is -2.25. The highest BCUT2D eigenvalue weighted by atomic mass is 35.5. The molecule has 186 valence electrons. The lowest BCUT2D eigenvalue weighted by Crippen LogP contribution is -2.31. The zero-order valence-electron chi connectivity index (χ0n) is 19.9. The van der Waals surface area contributed by atoms with Crippen LogP contribution in [0.25, 0.3) is 16.7 Å². The minimum absolute atomic E-state index is 0.0529. The fourth-order valence-electron chi connectivity index (χ4n) is 4.75. The molecule has 0 aliphatic carbocycles. The zero-order chi connectivity index (χ0) is 26.1. The number of nitrogens with zero attached hydrogens (tertiary/aromatic N) is 1. The summed E-state index contributed by atoms with van der Waals surface area (Å²) < 4.78 is 4.78. The number of hydrogen-bond acceptors (Lipinski definition) is 5. The number of benzene rings is 3. The van der Waals surface area contributed by atoms with Crippen molar-refractivity contribution >= 4 is 45.9 Å². The van der Waals surface area contributed by atoms with E-state index >= 15 is 0 Å². The van der Waals surface area contributed by atoms with Crippen LogP contribution in [0.1, 0.15) is 33.1 Å². The number of carbonyl (C=O) groups excluding carboxylic acids is 3. The number of halogens is 1. The Bertz CT molecular complexity index is 1550. The first kappa shape index (κ1) is 24.3. The third-order valence-electron chi connectivity index (χ3n) is 6.61. The minimum atomic E-state index is -0.867. The predicted octanol–water partition coefficient (Wildman–Crippen LogP) is 5.27. The fourth-order valence-corrected chi connectivity index (χ4v) is 4.98. The first-order valence-electron chi connectivity index (χ1n) is 11.7. The number of likely N-dealkylation sites (tertiary alicyclic amines) is 1. The highest BCUT2D eigenvalue weighted by Gasteiger charge is 2.46. The number of Topliss-reactive ketones (excluding diaryl/α,β-unsaturated/α-hetero) is 1. The van der Waals surface area contributed by atoms with Crippen LogP contribution in [-0.4, -0.2) is 46.3 Å². The molecule has 1 fully saturated rings. The molecule has 1 saturated heterocycles. The molecule has 1 aliphatic rings. The average Bonchev–Trinajstić information content (AvgIpc) is 3.45. The van der Waals surface area contributed by atoms with Crippen LogP contribution >= 0.6 is 11.6 Å². The van der Waals surface area contributed by atoms with Gasteiger partial charge in [0, 0.05) is 29.2 Å². The molecule has 1 amide bonds. The summed E-state index contributed by atoms with van der Waals surface area (Å²) in [6.07, 6.45) is 2.38. The number of aromatic nitrogens is 1. The molecule has 1 atom stereocenters. The summed E-state index contributed by atoms with van der Waals surface area (Å²) in [7, 11) is 1.29. The number of methoxy groups -OCH3 is 1. The van der Waals surface area contributed by atoms with Crippen molar-refractivity contribution in [1.82, 2.24) is 9.88 Å². The van der Waals surface area contributed by atoms with E-state index in [9.17, 15) is 19.5 Å². The molecule has 0 bridgehead atoms. The molecule has 4 aromatic rings. The summed E-state index contributed by atoms with van der Waals surface area (Å²) in [5.41, 5.74) is 3.09. The molecule has 37 heavy (non-hydrogen) atoms. The molecule has 1 unspecified atom stereocenters. The molecule has 0 radical (unpaired) electrons. The molecule has 8 heteroatoms. The van der Waals surface area contributed by atoms with E-state index in [0.717, 1.165) is 16.5 Å². The van der Waals surface area contributed by atoms with Gasteiger partial charge in [-0.3, -0.25) is 9.59 Å². The Hall–Kier alpha value is -4.36. The Kier molecular flexibility index (Phi) is 6.54. The molecule has 0 spiro atoms. The van der Waals surface area contributed by atoms with E-state index in [-0.39, 0.29) is 28.5 Å². The summed E-state index contributed by atoms with van der Waals surface area (Å²) in [6.45, 7) is 0.231. The van der Waals surface area contributed by atoms with Gasteiger partial charge in [0.15, 0.2) is 0 Å². The molecule has 0 saturated carbocycles. The van der Waals surface area contributed by atoms with E-state index in [2.05, 4.69) is 4.98 Å². The number of hydrogen-bond donors (Lipinski definition) is 2. The number of aliphatic hydroxyl groups is 1. The number of rotatable bonds is 6. The number of esters is 1. The quantitative estimate of drug-likeness (QED) is 0.158. The van der Waals surface area contributed by atoms with Gasteiger partial charge in [-0.15, -0.1) is 0 Å². The Morgan fingerprint density at radius 3 is 2.46 bits per heavy atom. The van der Waals surface area contributed by atoms with Gasteiger partial charge in [0.05, 0.1) is 29.3 Å². The van der Waals surface area contributed by atoms with Crippen LogP contribution in [0.4, 0.5) is 0 Å². The summed E-state index contributed by atoms with van der Waals surface area (Å²) >= 11 is 6.31. The van der Waals surface area contributed by atoms with Crippen molar-refractivity contribution in [3.8, 4) is 0 Å². The highest BCUT2D eigenvalue weighted by molar-refractivity contribution is 6.47. The van der Waals surface area contributed by atoms with Crippen molar-refractivity contribution in [2.75, 3.05) is 13.7 Å². The van der Waals surface area contributed by atoms with Crippen LogP contribution in [0.15, 0.2) is 84.6 Å². The van der Waals surface area contributed by atoms with Crippen LogP contribution in [0.5, 0.6) is 0 Å². The third kappa shape index (κ3) is 4.38. The smallest absolute Gasteiger partial charge is 0.337 e. The number of para-hydroxylation sites is 1. The molecule has 7 nitrogen and oxygen atoms in total. The molecular formula is C29H23ClN2O5. The standard InChI is InChI=1S/C29H23ClN2O5/c1-37-29(36)18-12-10-17(11-13-18)25-24(26(33)21-7-2-4-8-22(21)30)27(34)28(35)32(25)15-14-19-16-31-23-9-5-3-6-20(19)23/h2-13,16,25,31,33H,14-15H2,1H3/b26-24+. The summed E-state index contributed by atoms with van der Waals surface area (Å²) in [6, 6.07) is 20.0. The Morgan fingerprint density at radius 1 is 1.03 bits per heavy atom. The Balaban J connectivity index is 1.58. The highest BCUT2D eigenvalue weighted by Crippen LogP contribution is 2.40. The Morgan fingerprint density at radius 2 is 1.73 bits per heavy atom. The molecular weight excluding hydrogens is 492 g/mol. The maximum Gasteiger partial charge on any atom is 0.337 e. The lowest BCUT2D eigenvalue weighted by atomic mass is 9.94. The number of aromatic amines is 1. The maximum absolute atomic E-state index is 13.3. The minimum Gasteiger partial charge on any atom is -0.507 e. The SMILES string of the molecule is COC(=O)c1ccc(C2/C(=C(\O)c3ccccc3Cl)C(=O)C(=O)N2CCc2c[nH]c3ccccc23)cc1. The summed E-state index contributed by atoms with van der Waals surface area (Å²) in [5.74, 6) is -2.36. The molecule has 2 N–H and O–H groups in total. The van der Waals surface area contributed by atoms with Gasteiger partial charge in [-0.2, -0.15) is 0 Å². The number of nitrogens with one attached hydrogen (secondary N) is 1. The number of fused-ring (bicyclic) bond motifs is 1. The molecule has 1 aromatic heterocycles. The van der Waals surface area contributed by atoms with Gasteiger partial charge < -0.3 is 19.7 Å². The first-order chi connectivity index (χ1) is 17.9. The van der Waals surface area contributed by atoms with Crippen molar-refractivity contribution in [3.63, 3.8) is 0 Å². The number of aliphatic hydroxyl groups excluding tert-OH is 1. The zero-order valence-corrected chi connectivity index (χ0v) is 20.7. The van der Waals surface area contributed by atoms with Gasteiger partial charge in [-0.25, -0.2) is 4.79 Å². The largest absolute Gasteiger partial charge is 0.507 e. The van der Waals surface area contributed by atoms with Crippen LogP contribution in [0.2, 0.25) is 5.02 Å². The second-order valence-corrected chi connectivity index (χ2v) is 9.10. The van der Waals surface area contributed by atoms with E-state index in [4.69, 9.17) is 16.3 Å².